The Morgan fingerprint density at radius 2 is 1.78 bits per heavy atom. The summed E-state index contributed by atoms with van der Waals surface area (Å²) in [5, 5.41) is 4.61. The summed E-state index contributed by atoms with van der Waals surface area (Å²) >= 11 is 2.03. The first-order valence-corrected chi connectivity index (χ1v) is 7.86. The molecule has 0 bridgehead atoms. The lowest BCUT2D eigenvalue weighted by atomic mass is 9.87. The third-order valence-corrected chi connectivity index (χ3v) is 4.29. The molecule has 104 valence electrons. The number of hydrogen-bond donors (Lipinski definition) is 0. The van der Waals surface area contributed by atoms with Gasteiger partial charge in [0.15, 0.2) is 0 Å². The van der Waals surface area contributed by atoms with Crippen LogP contribution in [-0.4, -0.2) is 21.3 Å². The van der Waals surface area contributed by atoms with Gasteiger partial charge in [0.25, 0.3) is 0 Å². The van der Waals surface area contributed by atoms with Gasteiger partial charge in [0.1, 0.15) is 0 Å². The number of aryl methyl sites for hydroxylation is 2. The van der Waals surface area contributed by atoms with Crippen molar-refractivity contribution in [2.24, 2.45) is 12.5 Å². The van der Waals surface area contributed by atoms with Crippen molar-refractivity contribution in [3.63, 3.8) is 0 Å². The molecule has 0 atom stereocenters. The summed E-state index contributed by atoms with van der Waals surface area (Å²) in [5.41, 5.74) is 3.27. The average Bonchev–Trinajstić information content (AvgIpc) is 2.52. The van der Waals surface area contributed by atoms with E-state index in [1.54, 1.807) is 0 Å². The van der Waals surface area contributed by atoms with E-state index in [1.165, 1.54) is 17.0 Å². The lowest BCUT2D eigenvalue weighted by molar-refractivity contribution is 0.480. The summed E-state index contributed by atoms with van der Waals surface area (Å²) in [4.78, 5) is 0. The van der Waals surface area contributed by atoms with E-state index in [-0.39, 0.29) is 5.41 Å². The zero-order valence-electron chi connectivity index (χ0n) is 13.0. The molecule has 0 unspecified atom stereocenters. The van der Waals surface area contributed by atoms with Crippen LogP contribution in [-0.2, 0) is 18.9 Å². The molecule has 0 aliphatic carbocycles. The van der Waals surface area contributed by atoms with Crippen molar-refractivity contribution in [1.29, 1.82) is 0 Å². The summed E-state index contributed by atoms with van der Waals surface area (Å²) in [6.07, 6.45) is 3.25. The van der Waals surface area contributed by atoms with Crippen LogP contribution >= 0.6 is 11.8 Å². The van der Waals surface area contributed by atoms with E-state index >= 15 is 0 Å². The van der Waals surface area contributed by atoms with Gasteiger partial charge in [-0.05, 0) is 27.9 Å². The van der Waals surface area contributed by atoms with Gasteiger partial charge in [-0.15, -0.1) is 0 Å². The monoisotopic (exact) mass is 268 g/mol. The van der Waals surface area contributed by atoms with Gasteiger partial charge in [0.2, 0.25) is 0 Å². The van der Waals surface area contributed by atoms with Crippen molar-refractivity contribution >= 4 is 11.8 Å². The van der Waals surface area contributed by atoms with Crippen LogP contribution < -0.4 is 0 Å². The van der Waals surface area contributed by atoms with E-state index in [9.17, 15) is 0 Å². The SMILES string of the molecule is Cn1cc(C(C)(C)C)c(CCSCC(C)(C)C)n1. The molecule has 0 spiro atoms. The molecule has 1 heterocycles. The van der Waals surface area contributed by atoms with Crippen molar-refractivity contribution in [3.05, 3.63) is 17.5 Å². The van der Waals surface area contributed by atoms with Crippen LogP contribution in [0.4, 0.5) is 0 Å². The maximum absolute atomic E-state index is 4.61. The second kappa shape index (κ2) is 5.68. The van der Waals surface area contributed by atoms with Crippen LogP contribution in [0.3, 0.4) is 0 Å². The Bertz CT molecular complexity index is 380. The van der Waals surface area contributed by atoms with Crippen LogP contribution in [0.25, 0.3) is 0 Å². The molecule has 0 N–H and O–H groups in total. The van der Waals surface area contributed by atoms with E-state index in [4.69, 9.17) is 0 Å². The van der Waals surface area contributed by atoms with Gasteiger partial charge in [-0.2, -0.15) is 16.9 Å². The zero-order chi connectivity index (χ0) is 14.0. The van der Waals surface area contributed by atoms with Gasteiger partial charge in [-0.1, -0.05) is 41.5 Å². The molecule has 1 rings (SSSR count). The summed E-state index contributed by atoms with van der Waals surface area (Å²) in [6.45, 7) is 13.7. The predicted octanol–water partition coefficient (Wildman–Crippen LogP) is 4.04. The van der Waals surface area contributed by atoms with Crippen molar-refractivity contribution in [1.82, 2.24) is 9.78 Å². The average molecular weight is 268 g/mol. The molecular weight excluding hydrogens is 240 g/mol. The number of rotatable bonds is 4. The largest absolute Gasteiger partial charge is 0.275 e. The Hall–Kier alpha value is -0.440. The lowest BCUT2D eigenvalue weighted by Crippen LogP contribution is -2.14. The number of thioether (sulfide) groups is 1. The van der Waals surface area contributed by atoms with E-state index in [0.29, 0.717) is 5.41 Å². The van der Waals surface area contributed by atoms with Crippen molar-refractivity contribution in [2.75, 3.05) is 11.5 Å². The van der Waals surface area contributed by atoms with Gasteiger partial charge in [0.05, 0.1) is 5.69 Å². The molecular formula is C15H28N2S. The molecule has 0 radical (unpaired) electrons. The molecule has 0 saturated carbocycles. The minimum Gasteiger partial charge on any atom is -0.275 e. The first-order valence-electron chi connectivity index (χ1n) is 6.70. The van der Waals surface area contributed by atoms with Crippen LogP contribution in [0.2, 0.25) is 0 Å². The Kier molecular flexibility index (Phi) is 4.93. The smallest absolute Gasteiger partial charge is 0.0670 e. The lowest BCUT2D eigenvalue weighted by Gasteiger charge is -2.19. The molecule has 1 aromatic rings. The number of nitrogens with zero attached hydrogens (tertiary/aromatic N) is 2. The van der Waals surface area contributed by atoms with E-state index in [1.807, 2.05) is 23.5 Å². The molecule has 18 heavy (non-hydrogen) atoms. The first-order chi connectivity index (χ1) is 8.09. The van der Waals surface area contributed by atoms with Gasteiger partial charge < -0.3 is 0 Å². The molecule has 0 fully saturated rings. The number of hydrogen-bond acceptors (Lipinski definition) is 2. The standard InChI is InChI=1S/C15H28N2S/c1-14(2,3)11-18-9-8-13-12(15(4,5)6)10-17(7)16-13/h10H,8-9,11H2,1-7H3. The molecule has 0 amide bonds. The van der Waals surface area contributed by atoms with E-state index < -0.39 is 0 Å². The van der Waals surface area contributed by atoms with Crippen LogP contribution in [0.5, 0.6) is 0 Å². The fraction of sp³-hybridized carbons (Fsp3) is 0.800. The zero-order valence-corrected chi connectivity index (χ0v) is 13.8. The highest BCUT2D eigenvalue weighted by molar-refractivity contribution is 7.99. The predicted molar refractivity (Wildman–Crippen MR) is 82.4 cm³/mol. The Labute approximate surface area is 117 Å². The minimum atomic E-state index is 0.193. The van der Waals surface area contributed by atoms with Gasteiger partial charge >= 0.3 is 0 Å². The van der Waals surface area contributed by atoms with Gasteiger partial charge in [0, 0.05) is 19.7 Å². The minimum absolute atomic E-state index is 0.193. The quantitative estimate of drug-likeness (QED) is 0.767. The third-order valence-electron chi connectivity index (χ3n) is 2.73. The molecule has 3 heteroatoms. The summed E-state index contributed by atoms with van der Waals surface area (Å²) < 4.78 is 1.95. The normalized spacial score (nSPS) is 13.1. The summed E-state index contributed by atoms with van der Waals surface area (Å²) in [7, 11) is 2.01. The molecule has 2 nitrogen and oxygen atoms in total. The second-order valence-corrected chi connectivity index (χ2v) is 8.38. The van der Waals surface area contributed by atoms with E-state index in [0.717, 1.165) is 12.2 Å². The van der Waals surface area contributed by atoms with Crippen molar-refractivity contribution in [3.8, 4) is 0 Å². The fourth-order valence-corrected chi connectivity index (χ4v) is 2.99. The second-order valence-electron chi connectivity index (χ2n) is 7.28. The molecule has 0 saturated heterocycles. The Morgan fingerprint density at radius 1 is 1.17 bits per heavy atom. The van der Waals surface area contributed by atoms with E-state index in [2.05, 4.69) is 52.8 Å². The van der Waals surface area contributed by atoms with Gasteiger partial charge in [-0.25, -0.2) is 0 Å². The van der Waals surface area contributed by atoms with Crippen LogP contribution in [0, 0.1) is 5.41 Å². The third kappa shape index (κ3) is 5.05. The Balaban J connectivity index is 2.58. The van der Waals surface area contributed by atoms with Gasteiger partial charge in [-0.3, -0.25) is 4.68 Å². The van der Waals surface area contributed by atoms with Crippen molar-refractivity contribution in [2.45, 2.75) is 53.4 Å². The van der Waals surface area contributed by atoms with Crippen molar-refractivity contribution < 1.29 is 0 Å². The van der Waals surface area contributed by atoms with Crippen LogP contribution in [0.1, 0.15) is 52.8 Å². The van der Waals surface area contributed by atoms with Crippen LogP contribution in [0.15, 0.2) is 6.20 Å². The topological polar surface area (TPSA) is 17.8 Å². The maximum Gasteiger partial charge on any atom is 0.0670 e. The molecule has 1 aromatic heterocycles. The molecule has 0 aromatic carbocycles. The highest BCUT2D eigenvalue weighted by atomic mass is 32.2. The molecule has 0 aliphatic heterocycles. The fourth-order valence-electron chi connectivity index (χ4n) is 1.89. The highest BCUT2D eigenvalue weighted by Crippen LogP contribution is 2.27. The Morgan fingerprint density at radius 3 is 2.28 bits per heavy atom. The summed E-state index contributed by atoms with van der Waals surface area (Å²) in [5.74, 6) is 2.38. The highest BCUT2D eigenvalue weighted by Gasteiger charge is 2.20. The maximum atomic E-state index is 4.61. The number of aromatic nitrogens is 2. The first kappa shape index (κ1) is 15.6. The molecule has 0 aliphatic rings. The summed E-state index contributed by atoms with van der Waals surface area (Å²) in [6, 6.07) is 0.